The number of nitrogens with one attached hydrogen (secondary N) is 1. The van der Waals surface area contributed by atoms with Crippen LogP contribution in [0.1, 0.15) is 44.4 Å². The van der Waals surface area contributed by atoms with E-state index in [1.807, 2.05) is 6.07 Å². The zero-order valence-corrected chi connectivity index (χ0v) is 12.0. The van der Waals surface area contributed by atoms with Crippen molar-refractivity contribution in [3.05, 3.63) is 23.4 Å². The normalized spacial score (nSPS) is 25.6. The van der Waals surface area contributed by atoms with E-state index in [0.29, 0.717) is 11.8 Å². The molecule has 0 aliphatic heterocycles. The van der Waals surface area contributed by atoms with Gasteiger partial charge < -0.3 is 5.32 Å². The van der Waals surface area contributed by atoms with Gasteiger partial charge in [-0.25, -0.2) is 4.98 Å². The van der Waals surface area contributed by atoms with Crippen molar-refractivity contribution in [1.29, 1.82) is 5.26 Å². The van der Waals surface area contributed by atoms with Crippen molar-refractivity contribution in [3.8, 4) is 6.07 Å². The van der Waals surface area contributed by atoms with Gasteiger partial charge in [0.1, 0.15) is 17.6 Å². The van der Waals surface area contributed by atoms with Crippen LogP contribution in [0.25, 0.3) is 0 Å². The quantitative estimate of drug-likeness (QED) is 0.909. The van der Waals surface area contributed by atoms with Gasteiger partial charge in [0.25, 0.3) is 0 Å². The summed E-state index contributed by atoms with van der Waals surface area (Å²) < 4.78 is 38.2. The molecule has 1 N–H and O–H groups in total. The van der Waals surface area contributed by atoms with Crippen molar-refractivity contribution in [1.82, 2.24) is 4.98 Å². The van der Waals surface area contributed by atoms with Crippen LogP contribution in [0.3, 0.4) is 0 Å². The highest BCUT2D eigenvalue weighted by atomic mass is 19.4. The molecular formula is C15H18F3N3. The lowest BCUT2D eigenvalue weighted by atomic mass is 9.93. The minimum absolute atomic E-state index is 0.0425. The van der Waals surface area contributed by atoms with Crippen molar-refractivity contribution in [3.63, 3.8) is 0 Å². The molecule has 0 amide bonds. The Bertz CT molecular complexity index is 548. The Morgan fingerprint density at radius 2 is 2.10 bits per heavy atom. The van der Waals surface area contributed by atoms with Crippen molar-refractivity contribution in [2.75, 3.05) is 5.32 Å². The Kier molecular flexibility index (Phi) is 4.40. The number of rotatable bonds is 3. The Hall–Kier alpha value is -1.77. The number of nitriles is 1. The standard InChI is InChI=1S/C15H18F3N3/c1-3-10-4-6-12(9(10)2)20-14-11(8-19)5-7-13(21-14)15(16,17)18/h5,7,9-10,12H,3-4,6H2,1-2H3,(H,20,21). The monoisotopic (exact) mass is 297 g/mol. The van der Waals surface area contributed by atoms with Gasteiger partial charge in [-0.05, 0) is 36.8 Å². The van der Waals surface area contributed by atoms with E-state index in [4.69, 9.17) is 5.26 Å². The summed E-state index contributed by atoms with van der Waals surface area (Å²) in [5, 5.41) is 12.1. The fraction of sp³-hybridized carbons (Fsp3) is 0.600. The molecule has 114 valence electrons. The SMILES string of the molecule is CCC1CCC(Nc2nc(C(F)(F)F)ccc2C#N)C1C. The van der Waals surface area contributed by atoms with Crippen LogP contribution in [0.5, 0.6) is 0 Å². The van der Waals surface area contributed by atoms with E-state index < -0.39 is 11.9 Å². The first kappa shape index (κ1) is 15.6. The van der Waals surface area contributed by atoms with Crippen molar-refractivity contribution >= 4 is 5.82 Å². The van der Waals surface area contributed by atoms with Crippen molar-refractivity contribution in [2.24, 2.45) is 11.8 Å². The molecule has 1 aliphatic carbocycles. The summed E-state index contributed by atoms with van der Waals surface area (Å²) in [6, 6.07) is 3.98. The number of anilines is 1. The number of halogens is 3. The molecule has 6 heteroatoms. The van der Waals surface area contributed by atoms with Gasteiger partial charge in [-0.2, -0.15) is 18.4 Å². The maximum absolute atomic E-state index is 12.7. The molecule has 1 fully saturated rings. The number of hydrogen-bond acceptors (Lipinski definition) is 3. The molecule has 0 radical (unpaired) electrons. The zero-order chi connectivity index (χ0) is 15.6. The van der Waals surface area contributed by atoms with Crippen LogP contribution in [-0.2, 0) is 6.18 Å². The molecule has 3 atom stereocenters. The van der Waals surface area contributed by atoms with Gasteiger partial charge in [0, 0.05) is 6.04 Å². The average molecular weight is 297 g/mol. The summed E-state index contributed by atoms with van der Waals surface area (Å²) in [4.78, 5) is 3.60. The minimum atomic E-state index is -4.50. The predicted molar refractivity (Wildman–Crippen MR) is 73.5 cm³/mol. The van der Waals surface area contributed by atoms with Crippen LogP contribution in [0, 0.1) is 23.2 Å². The number of alkyl halides is 3. The fourth-order valence-electron chi connectivity index (χ4n) is 3.02. The predicted octanol–water partition coefficient (Wildman–Crippen LogP) is 4.21. The zero-order valence-electron chi connectivity index (χ0n) is 12.0. The second-order valence-electron chi connectivity index (χ2n) is 5.56. The summed E-state index contributed by atoms with van der Waals surface area (Å²) in [5.74, 6) is 0.970. The lowest BCUT2D eigenvalue weighted by molar-refractivity contribution is -0.141. The topological polar surface area (TPSA) is 48.7 Å². The molecule has 2 rings (SSSR count). The third-order valence-electron chi connectivity index (χ3n) is 4.38. The molecule has 1 aromatic heterocycles. The number of pyridine rings is 1. The highest BCUT2D eigenvalue weighted by Crippen LogP contribution is 2.36. The van der Waals surface area contributed by atoms with E-state index in [1.165, 1.54) is 6.07 Å². The van der Waals surface area contributed by atoms with Gasteiger partial charge in [-0.1, -0.05) is 20.3 Å². The van der Waals surface area contributed by atoms with Gasteiger partial charge in [0.05, 0.1) is 5.56 Å². The molecule has 0 spiro atoms. The number of nitrogens with zero attached hydrogens (tertiary/aromatic N) is 2. The van der Waals surface area contributed by atoms with E-state index in [0.717, 1.165) is 25.3 Å². The molecule has 1 aliphatic rings. The first-order valence-electron chi connectivity index (χ1n) is 7.11. The summed E-state index contributed by atoms with van der Waals surface area (Å²) in [5.41, 5.74) is -0.822. The summed E-state index contributed by atoms with van der Waals surface area (Å²) in [6.45, 7) is 4.21. The highest BCUT2D eigenvalue weighted by Gasteiger charge is 2.35. The third kappa shape index (κ3) is 3.29. The molecule has 1 aromatic rings. The van der Waals surface area contributed by atoms with Crippen molar-refractivity contribution in [2.45, 2.75) is 45.3 Å². The highest BCUT2D eigenvalue weighted by molar-refractivity contribution is 5.53. The van der Waals surface area contributed by atoms with Crippen LogP contribution >= 0.6 is 0 Å². The molecule has 0 aromatic carbocycles. The largest absolute Gasteiger partial charge is 0.433 e. The van der Waals surface area contributed by atoms with Crippen LogP contribution in [0.4, 0.5) is 19.0 Å². The smallest absolute Gasteiger partial charge is 0.366 e. The first-order chi connectivity index (χ1) is 9.86. The third-order valence-corrected chi connectivity index (χ3v) is 4.38. The summed E-state index contributed by atoms with van der Waals surface area (Å²) >= 11 is 0. The van der Waals surface area contributed by atoms with Crippen LogP contribution in [-0.4, -0.2) is 11.0 Å². The maximum Gasteiger partial charge on any atom is 0.433 e. The van der Waals surface area contributed by atoms with E-state index in [2.05, 4.69) is 24.1 Å². The van der Waals surface area contributed by atoms with E-state index in [9.17, 15) is 13.2 Å². The molecule has 1 heterocycles. The van der Waals surface area contributed by atoms with Crippen molar-refractivity contribution < 1.29 is 13.2 Å². The lowest BCUT2D eigenvalue weighted by Crippen LogP contribution is -2.26. The Morgan fingerprint density at radius 1 is 1.38 bits per heavy atom. The minimum Gasteiger partial charge on any atom is -0.366 e. The van der Waals surface area contributed by atoms with Crippen LogP contribution < -0.4 is 5.32 Å². The molecular weight excluding hydrogens is 279 g/mol. The Labute approximate surface area is 122 Å². The molecule has 3 unspecified atom stereocenters. The van der Waals surface area contributed by atoms with Crippen LogP contribution in [0.15, 0.2) is 12.1 Å². The Balaban J connectivity index is 2.25. The van der Waals surface area contributed by atoms with Gasteiger partial charge >= 0.3 is 6.18 Å². The second kappa shape index (κ2) is 5.92. The molecule has 21 heavy (non-hydrogen) atoms. The van der Waals surface area contributed by atoms with Gasteiger partial charge in [0.2, 0.25) is 0 Å². The summed E-state index contributed by atoms with van der Waals surface area (Å²) in [6.07, 6.45) is -1.50. The number of aromatic nitrogens is 1. The van der Waals surface area contributed by atoms with E-state index in [-0.39, 0.29) is 17.4 Å². The molecule has 1 saturated carbocycles. The van der Waals surface area contributed by atoms with Gasteiger partial charge in [-0.15, -0.1) is 0 Å². The second-order valence-corrected chi connectivity index (χ2v) is 5.56. The number of hydrogen-bond donors (Lipinski definition) is 1. The average Bonchev–Trinajstić information content (AvgIpc) is 2.78. The molecule has 0 bridgehead atoms. The van der Waals surface area contributed by atoms with Gasteiger partial charge in [-0.3, -0.25) is 0 Å². The van der Waals surface area contributed by atoms with Crippen LogP contribution in [0.2, 0.25) is 0 Å². The van der Waals surface area contributed by atoms with E-state index in [1.54, 1.807) is 0 Å². The van der Waals surface area contributed by atoms with Gasteiger partial charge in [0.15, 0.2) is 0 Å². The van der Waals surface area contributed by atoms with E-state index >= 15 is 0 Å². The molecule has 3 nitrogen and oxygen atoms in total. The molecule has 0 saturated heterocycles. The maximum atomic E-state index is 12.7. The fourth-order valence-corrected chi connectivity index (χ4v) is 3.02. The Morgan fingerprint density at radius 3 is 2.62 bits per heavy atom. The first-order valence-corrected chi connectivity index (χ1v) is 7.11. The summed E-state index contributed by atoms with van der Waals surface area (Å²) in [7, 11) is 0. The lowest BCUT2D eigenvalue weighted by Gasteiger charge is -2.22.